The molecule has 0 spiro atoms. The summed E-state index contributed by atoms with van der Waals surface area (Å²) in [6.45, 7) is 6.34. The van der Waals surface area contributed by atoms with E-state index in [1.54, 1.807) is 12.3 Å². The van der Waals surface area contributed by atoms with Crippen molar-refractivity contribution in [3.63, 3.8) is 0 Å². The zero-order chi connectivity index (χ0) is 15.2. The van der Waals surface area contributed by atoms with Gasteiger partial charge in [0.1, 0.15) is 5.82 Å². The number of hydrogen-bond acceptors (Lipinski definition) is 4. The van der Waals surface area contributed by atoms with Gasteiger partial charge >= 0.3 is 0 Å². The van der Waals surface area contributed by atoms with Gasteiger partial charge in [0.2, 0.25) is 0 Å². The van der Waals surface area contributed by atoms with Gasteiger partial charge < -0.3 is 10.6 Å². The van der Waals surface area contributed by atoms with Crippen LogP contribution >= 0.6 is 0 Å². The van der Waals surface area contributed by atoms with Crippen LogP contribution in [0.25, 0.3) is 0 Å². The summed E-state index contributed by atoms with van der Waals surface area (Å²) in [7, 11) is 0. The average Bonchev–Trinajstić information content (AvgIpc) is 2.45. The minimum absolute atomic E-state index is 0.0634. The van der Waals surface area contributed by atoms with Crippen LogP contribution in [0.4, 0.5) is 5.69 Å². The Morgan fingerprint density at radius 1 is 1.29 bits per heavy atom. The minimum atomic E-state index is -0.0634. The van der Waals surface area contributed by atoms with Gasteiger partial charge in [-0.05, 0) is 45.0 Å². The molecule has 21 heavy (non-hydrogen) atoms. The van der Waals surface area contributed by atoms with E-state index in [1.165, 1.54) is 0 Å². The Morgan fingerprint density at radius 2 is 2.10 bits per heavy atom. The molecule has 0 atom stereocenters. The van der Waals surface area contributed by atoms with Crippen LogP contribution in [-0.2, 0) is 6.54 Å². The molecule has 110 valence electrons. The molecule has 0 aliphatic carbocycles. The maximum atomic E-state index is 12.0. The molecule has 5 nitrogen and oxygen atoms in total. The van der Waals surface area contributed by atoms with Gasteiger partial charge in [0, 0.05) is 23.5 Å². The van der Waals surface area contributed by atoms with E-state index in [0.717, 1.165) is 17.2 Å². The van der Waals surface area contributed by atoms with Gasteiger partial charge in [-0.2, -0.15) is 0 Å². The Bertz CT molecular complexity index is 625. The van der Waals surface area contributed by atoms with Gasteiger partial charge in [-0.3, -0.25) is 4.79 Å². The molecular weight excluding hydrogens is 264 g/mol. The summed E-state index contributed by atoms with van der Waals surface area (Å²) in [4.78, 5) is 20.4. The summed E-state index contributed by atoms with van der Waals surface area (Å²) in [5, 5.41) is 6.15. The molecule has 0 saturated carbocycles. The van der Waals surface area contributed by atoms with Crippen molar-refractivity contribution in [3.8, 4) is 0 Å². The predicted octanol–water partition coefficient (Wildman–Crippen LogP) is 2.54. The second-order valence-corrected chi connectivity index (χ2v) is 5.16. The molecule has 5 heteroatoms. The number of aromatic nitrogens is 2. The maximum Gasteiger partial charge on any atom is 0.251 e. The summed E-state index contributed by atoms with van der Waals surface area (Å²) < 4.78 is 0. The highest BCUT2D eigenvalue weighted by Crippen LogP contribution is 2.12. The van der Waals surface area contributed by atoms with Gasteiger partial charge in [0.25, 0.3) is 5.91 Å². The zero-order valence-electron chi connectivity index (χ0n) is 12.6. The summed E-state index contributed by atoms with van der Waals surface area (Å²) in [5.74, 6) is 0.686. The minimum Gasteiger partial charge on any atom is -0.379 e. The topological polar surface area (TPSA) is 66.9 Å². The number of aryl methyl sites for hydroxylation is 1. The predicted molar refractivity (Wildman–Crippen MR) is 83.1 cm³/mol. The van der Waals surface area contributed by atoms with Crippen LogP contribution < -0.4 is 10.6 Å². The largest absolute Gasteiger partial charge is 0.379 e. The van der Waals surface area contributed by atoms with Crippen LogP contribution in [0.15, 0.2) is 36.5 Å². The molecule has 2 rings (SSSR count). The van der Waals surface area contributed by atoms with E-state index in [-0.39, 0.29) is 11.9 Å². The first-order valence-corrected chi connectivity index (χ1v) is 6.98. The van der Waals surface area contributed by atoms with Crippen LogP contribution in [0.5, 0.6) is 0 Å². The molecule has 1 amide bonds. The third-order valence-electron chi connectivity index (χ3n) is 2.85. The lowest BCUT2D eigenvalue weighted by Crippen LogP contribution is -2.30. The highest BCUT2D eigenvalue weighted by molar-refractivity contribution is 5.95. The summed E-state index contributed by atoms with van der Waals surface area (Å²) in [6, 6.07) is 9.43. The Hall–Kier alpha value is -2.43. The van der Waals surface area contributed by atoms with Gasteiger partial charge in [0.05, 0.1) is 12.2 Å². The van der Waals surface area contributed by atoms with E-state index in [4.69, 9.17) is 0 Å². The standard InChI is InChI=1S/C16H20N4O/c1-11(2)19-16(21)13-5-4-6-14(9-13)18-10-15-7-8-17-12(3)20-15/h4-9,11,18H,10H2,1-3H3,(H,19,21). The lowest BCUT2D eigenvalue weighted by molar-refractivity contribution is 0.0943. The highest BCUT2D eigenvalue weighted by Gasteiger charge is 2.07. The van der Waals surface area contributed by atoms with Crippen molar-refractivity contribution >= 4 is 11.6 Å². The summed E-state index contributed by atoms with van der Waals surface area (Å²) >= 11 is 0. The number of rotatable bonds is 5. The van der Waals surface area contributed by atoms with Crippen LogP contribution in [0.2, 0.25) is 0 Å². The zero-order valence-corrected chi connectivity index (χ0v) is 12.6. The molecule has 0 saturated heterocycles. The molecule has 1 aromatic heterocycles. The Balaban J connectivity index is 2.02. The van der Waals surface area contributed by atoms with Gasteiger partial charge in [0.15, 0.2) is 0 Å². The third-order valence-corrected chi connectivity index (χ3v) is 2.85. The van der Waals surface area contributed by atoms with Crippen molar-refractivity contribution < 1.29 is 4.79 Å². The second-order valence-electron chi connectivity index (χ2n) is 5.16. The number of anilines is 1. The van der Waals surface area contributed by atoms with Crippen LogP contribution in [-0.4, -0.2) is 21.9 Å². The van der Waals surface area contributed by atoms with Crippen molar-refractivity contribution in [1.82, 2.24) is 15.3 Å². The van der Waals surface area contributed by atoms with Crippen LogP contribution in [0.3, 0.4) is 0 Å². The smallest absolute Gasteiger partial charge is 0.251 e. The van der Waals surface area contributed by atoms with Crippen molar-refractivity contribution in [1.29, 1.82) is 0 Å². The third kappa shape index (κ3) is 4.56. The number of nitrogens with zero attached hydrogens (tertiary/aromatic N) is 2. The number of nitrogens with one attached hydrogen (secondary N) is 2. The first-order chi connectivity index (χ1) is 10.0. The van der Waals surface area contributed by atoms with E-state index in [1.807, 2.05) is 45.0 Å². The fourth-order valence-electron chi connectivity index (χ4n) is 1.91. The first-order valence-electron chi connectivity index (χ1n) is 6.98. The number of benzene rings is 1. The normalized spacial score (nSPS) is 10.5. The number of amides is 1. The fraction of sp³-hybridized carbons (Fsp3) is 0.312. The number of carbonyl (C=O) groups excluding carboxylic acids is 1. The molecule has 0 aliphatic heterocycles. The van der Waals surface area contributed by atoms with E-state index >= 15 is 0 Å². The van der Waals surface area contributed by atoms with E-state index < -0.39 is 0 Å². The van der Waals surface area contributed by atoms with Crippen molar-refractivity contribution in [2.45, 2.75) is 33.4 Å². The molecule has 0 bridgehead atoms. The molecule has 2 aromatic rings. The van der Waals surface area contributed by atoms with Crippen molar-refractivity contribution in [2.75, 3.05) is 5.32 Å². The molecule has 0 aliphatic rings. The van der Waals surface area contributed by atoms with Crippen LogP contribution in [0, 0.1) is 6.92 Å². The first kappa shape index (κ1) is 15.0. The van der Waals surface area contributed by atoms with Crippen molar-refractivity contribution in [2.24, 2.45) is 0 Å². The van der Waals surface area contributed by atoms with Gasteiger partial charge in [-0.1, -0.05) is 6.07 Å². The van der Waals surface area contributed by atoms with E-state index in [2.05, 4.69) is 20.6 Å². The molecular formula is C16H20N4O. The van der Waals surface area contributed by atoms with Crippen molar-refractivity contribution in [3.05, 3.63) is 53.6 Å². The molecule has 0 fully saturated rings. The van der Waals surface area contributed by atoms with Gasteiger partial charge in [-0.15, -0.1) is 0 Å². The van der Waals surface area contributed by atoms with E-state index in [0.29, 0.717) is 12.1 Å². The number of carbonyl (C=O) groups is 1. The summed E-state index contributed by atoms with van der Waals surface area (Å²) in [6.07, 6.45) is 1.74. The molecule has 0 radical (unpaired) electrons. The average molecular weight is 284 g/mol. The maximum absolute atomic E-state index is 12.0. The van der Waals surface area contributed by atoms with E-state index in [9.17, 15) is 4.79 Å². The molecule has 2 N–H and O–H groups in total. The molecule has 1 aromatic carbocycles. The Morgan fingerprint density at radius 3 is 2.81 bits per heavy atom. The monoisotopic (exact) mass is 284 g/mol. The number of hydrogen-bond donors (Lipinski definition) is 2. The lowest BCUT2D eigenvalue weighted by atomic mass is 10.1. The van der Waals surface area contributed by atoms with Crippen LogP contribution in [0.1, 0.15) is 35.7 Å². The summed E-state index contributed by atoms with van der Waals surface area (Å²) in [5.41, 5.74) is 2.45. The fourth-order valence-corrected chi connectivity index (χ4v) is 1.91. The molecule has 1 heterocycles. The quantitative estimate of drug-likeness (QED) is 0.885. The van der Waals surface area contributed by atoms with Gasteiger partial charge in [-0.25, -0.2) is 9.97 Å². The Kier molecular flexibility index (Phi) is 4.87. The Labute approximate surface area is 124 Å². The second kappa shape index (κ2) is 6.83. The molecule has 0 unspecified atom stereocenters. The lowest BCUT2D eigenvalue weighted by Gasteiger charge is -2.10. The SMILES string of the molecule is Cc1nccc(CNc2cccc(C(=O)NC(C)C)c2)n1. The highest BCUT2D eigenvalue weighted by atomic mass is 16.1.